The van der Waals surface area contributed by atoms with Gasteiger partial charge in [-0.2, -0.15) is 0 Å². The molecule has 1 unspecified atom stereocenters. The third-order valence-electron chi connectivity index (χ3n) is 3.56. The Morgan fingerprint density at radius 3 is 2.69 bits per heavy atom. The van der Waals surface area contributed by atoms with E-state index in [9.17, 15) is 14.4 Å². The van der Waals surface area contributed by atoms with Gasteiger partial charge in [-0.15, -0.1) is 0 Å². The van der Waals surface area contributed by atoms with E-state index in [1.165, 1.54) is 6.20 Å². The van der Waals surface area contributed by atoms with Gasteiger partial charge in [0.2, 0.25) is 11.5 Å². The van der Waals surface area contributed by atoms with Crippen molar-refractivity contribution in [1.29, 1.82) is 0 Å². The molecule has 1 atom stereocenters. The van der Waals surface area contributed by atoms with Crippen molar-refractivity contribution in [3.05, 3.63) is 54.1 Å². The molecule has 26 heavy (non-hydrogen) atoms. The van der Waals surface area contributed by atoms with Crippen LogP contribution in [0.2, 0.25) is 0 Å². The van der Waals surface area contributed by atoms with Gasteiger partial charge in [0.1, 0.15) is 6.04 Å². The number of aromatic nitrogens is 4. The molecule has 0 fully saturated rings. The number of nitrogens with zero attached hydrogens (tertiary/aromatic N) is 3. The molecular formula is C16H14N6O4. The molecule has 3 heterocycles. The number of nitrogens with two attached hydrogens (primary N) is 1. The fraction of sp³-hybridized carbons (Fsp3) is 0.125. The minimum Gasteiger partial charge on any atom is -0.365 e. The van der Waals surface area contributed by atoms with E-state index in [1.54, 1.807) is 36.5 Å². The van der Waals surface area contributed by atoms with E-state index in [0.717, 1.165) is 0 Å². The number of H-pyrrole nitrogens is 1. The first kappa shape index (κ1) is 17.0. The lowest BCUT2D eigenvalue weighted by Gasteiger charge is -2.14. The molecule has 0 aliphatic heterocycles. The van der Waals surface area contributed by atoms with Crippen molar-refractivity contribution < 1.29 is 19.0 Å². The zero-order valence-corrected chi connectivity index (χ0v) is 13.4. The highest BCUT2D eigenvalue weighted by Gasteiger charge is 2.29. The lowest BCUT2D eigenvalue weighted by atomic mass is 10.1. The second-order valence-corrected chi connectivity index (χ2v) is 5.33. The number of aromatic amines is 1. The molecule has 3 aromatic rings. The summed E-state index contributed by atoms with van der Waals surface area (Å²) in [7, 11) is 0. The average Bonchev–Trinajstić information content (AvgIpc) is 3.32. The van der Waals surface area contributed by atoms with E-state index >= 15 is 0 Å². The predicted octanol–water partition coefficient (Wildman–Crippen LogP) is -0.145. The van der Waals surface area contributed by atoms with Gasteiger partial charge in [-0.1, -0.05) is 6.07 Å². The van der Waals surface area contributed by atoms with Crippen molar-refractivity contribution in [2.24, 2.45) is 5.73 Å². The van der Waals surface area contributed by atoms with Crippen molar-refractivity contribution in [3.63, 3.8) is 0 Å². The zero-order chi connectivity index (χ0) is 18.5. The number of rotatable bonds is 7. The molecule has 0 saturated heterocycles. The van der Waals surface area contributed by atoms with Crippen LogP contribution in [-0.4, -0.2) is 43.9 Å². The molecule has 132 valence electrons. The maximum Gasteiger partial charge on any atom is 0.287 e. The van der Waals surface area contributed by atoms with Gasteiger partial charge in [0.15, 0.2) is 5.69 Å². The fourth-order valence-electron chi connectivity index (χ4n) is 2.33. The van der Waals surface area contributed by atoms with Crippen molar-refractivity contribution in [1.82, 2.24) is 25.6 Å². The molecule has 0 bridgehead atoms. The number of amides is 2. The van der Waals surface area contributed by atoms with E-state index in [0.29, 0.717) is 11.4 Å². The number of Topliss-reactive ketones (excluding diaryl/α,β-unsaturated/α-hetero) is 1. The van der Waals surface area contributed by atoms with Crippen LogP contribution >= 0.6 is 0 Å². The molecular weight excluding hydrogens is 340 g/mol. The molecule has 10 heteroatoms. The summed E-state index contributed by atoms with van der Waals surface area (Å²) in [6.07, 6.45) is 3.24. The number of primary amides is 1. The van der Waals surface area contributed by atoms with Crippen LogP contribution in [0.3, 0.4) is 0 Å². The van der Waals surface area contributed by atoms with Crippen LogP contribution in [0.25, 0.3) is 11.4 Å². The van der Waals surface area contributed by atoms with E-state index < -0.39 is 23.6 Å². The summed E-state index contributed by atoms with van der Waals surface area (Å²) in [5, 5.41) is 9.70. The Morgan fingerprint density at radius 1 is 1.19 bits per heavy atom. The van der Waals surface area contributed by atoms with Crippen LogP contribution in [0, 0.1) is 0 Å². The van der Waals surface area contributed by atoms with Gasteiger partial charge in [-0.25, -0.2) is 4.63 Å². The van der Waals surface area contributed by atoms with E-state index in [1.807, 2.05) is 0 Å². The number of hydrogen-bond donors (Lipinski definition) is 3. The molecule has 0 aliphatic rings. The van der Waals surface area contributed by atoms with Crippen molar-refractivity contribution >= 4 is 17.6 Å². The maximum atomic E-state index is 12.5. The summed E-state index contributed by atoms with van der Waals surface area (Å²) in [4.78, 5) is 42.9. The van der Waals surface area contributed by atoms with Crippen LogP contribution in [0.5, 0.6) is 0 Å². The molecule has 0 radical (unpaired) electrons. The second-order valence-electron chi connectivity index (χ2n) is 5.33. The topological polar surface area (TPSA) is 157 Å². The van der Waals surface area contributed by atoms with Crippen molar-refractivity contribution in [2.75, 3.05) is 0 Å². The Hall–Kier alpha value is -3.82. The van der Waals surface area contributed by atoms with E-state index in [-0.39, 0.29) is 17.8 Å². The lowest BCUT2D eigenvalue weighted by molar-refractivity contribution is -0.137. The van der Waals surface area contributed by atoms with Gasteiger partial charge in [0.25, 0.3) is 11.8 Å². The van der Waals surface area contributed by atoms with Gasteiger partial charge in [-0.05, 0) is 34.6 Å². The van der Waals surface area contributed by atoms with Crippen LogP contribution in [0.4, 0.5) is 0 Å². The third kappa shape index (κ3) is 3.64. The molecule has 0 saturated carbocycles. The summed E-state index contributed by atoms with van der Waals surface area (Å²) < 4.78 is 4.63. The minimum absolute atomic E-state index is 0.0602. The average molecular weight is 354 g/mol. The quantitative estimate of drug-likeness (QED) is 0.498. The smallest absolute Gasteiger partial charge is 0.287 e. The summed E-state index contributed by atoms with van der Waals surface area (Å²) in [6, 6.07) is 7.32. The molecule has 0 spiro atoms. The minimum atomic E-state index is -1.16. The molecule has 10 nitrogen and oxygen atoms in total. The fourth-order valence-corrected chi connectivity index (χ4v) is 2.33. The van der Waals surface area contributed by atoms with Gasteiger partial charge < -0.3 is 16.0 Å². The monoisotopic (exact) mass is 354 g/mol. The molecule has 2 amide bonds. The lowest BCUT2D eigenvalue weighted by Crippen LogP contribution is -2.47. The van der Waals surface area contributed by atoms with Gasteiger partial charge in [0.05, 0.1) is 5.69 Å². The zero-order valence-electron chi connectivity index (χ0n) is 13.4. The van der Waals surface area contributed by atoms with Crippen LogP contribution in [0.1, 0.15) is 16.2 Å². The number of nitrogens with one attached hydrogen (secondary N) is 2. The number of pyridine rings is 1. The highest BCUT2D eigenvalue weighted by Crippen LogP contribution is 2.17. The Balaban J connectivity index is 1.83. The van der Waals surface area contributed by atoms with Crippen molar-refractivity contribution in [3.8, 4) is 11.4 Å². The second kappa shape index (κ2) is 7.38. The summed E-state index contributed by atoms with van der Waals surface area (Å²) in [5.74, 6) is -2.81. The van der Waals surface area contributed by atoms with Gasteiger partial charge in [-0.3, -0.25) is 19.4 Å². The van der Waals surface area contributed by atoms with Crippen molar-refractivity contribution in [2.45, 2.75) is 12.5 Å². The van der Waals surface area contributed by atoms with E-state index in [4.69, 9.17) is 5.73 Å². The molecule has 4 N–H and O–H groups in total. The predicted molar refractivity (Wildman–Crippen MR) is 87.5 cm³/mol. The SMILES string of the molecule is NC(=O)C(=O)C(Cc1ccc[nH]1)NC(=O)c1nonc1-c1ccccn1. The number of ketones is 1. The summed E-state index contributed by atoms with van der Waals surface area (Å²) in [5.41, 5.74) is 6.06. The number of hydrogen-bond acceptors (Lipinski definition) is 7. The molecule has 3 rings (SSSR count). The molecule has 0 aliphatic carbocycles. The number of carbonyl (C=O) groups excluding carboxylic acids is 3. The summed E-state index contributed by atoms with van der Waals surface area (Å²) in [6.45, 7) is 0. The first-order chi connectivity index (χ1) is 12.6. The third-order valence-corrected chi connectivity index (χ3v) is 3.56. The first-order valence-corrected chi connectivity index (χ1v) is 7.57. The highest BCUT2D eigenvalue weighted by atomic mass is 16.6. The Kier molecular flexibility index (Phi) is 4.83. The normalized spacial score (nSPS) is 11.7. The Labute approximate surface area is 146 Å². The standard InChI is InChI=1S/C16H14N6O4/c17-15(24)14(23)11(8-9-4-3-7-18-9)20-16(25)13-12(21-26-22-13)10-5-1-2-6-19-10/h1-7,11,18H,8H2,(H2,17,24)(H,20,25). The van der Waals surface area contributed by atoms with Crippen LogP contribution in [0.15, 0.2) is 47.4 Å². The molecule has 3 aromatic heterocycles. The Morgan fingerprint density at radius 2 is 2.04 bits per heavy atom. The van der Waals surface area contributed by atoms with Gasteiger partial charge >= 0.3 is 0 Å². The largest absolute Gasteiger partial charge is 0.365 e. The van der Waals surface area contributed by atoms with Crippen LogP contribution < -0.4 is 11.1 Å². The van der Waals surface area contributed by atoms with Crippen LogP contribution in [-0.2, 0) is 16.0 Å². The maximum absolute atomic E-state index is 12.5. The first-order valence-electron chi connectivity index (χ1n) is 7.57. The highest BCUT2D eigenvalue weighted by molar-refractivity contribution is 6.38. The van der Waals surface area contributed by atoms with Gasteiger partial charge in [0, 0.05) is 24.5 Å². The Bertz CT molecular complexity index is 919. The summed E-state index contributed by atoms with van der Waals surface area (Å²) >= 11 is 0. The van der Waals surface area contributed by atoms with E-state index in [2.05, 4.69) is 30.2 Å². The molecule has 0 aromatic carbocycles. The number of carbonyl (C=O) groups is 3.